The Kier molecular flexibility index (Phi) is 4.28. The van der Waals surface area contributed by atoms with Crippen LogP contribution in [0.3, 0.4) is 0 Å². The first-order valence-corrected chi connectivity index (χ1v) is 8.67. The third kappa shape index (κ3) is 2.76. The van der Waals surface area contributed by atoms with Crippen LogP contribution in [0.1, 0.15) is 49.7 Å². The average molecular weight is 330 g/mol. The lowest BCUT2D eigenvalue weighted by atomic mass is 9.84. The number of amides is 2. The van der Waals surface area contributed by atoms with E-state index >= 15 is 0 Å². The number of aryl methyl sites for hydroxylation is 1. The van der Waals surface area contributed by atoms with Gasteiger partial charge in [0.05, 0.1) is 17.9 Å². The quantitative estimate of drug-likeness (QED) is 0.839. The van der Waals surface area contributed by atoms with E-state index in [9.17, 15) is 9.59 Å². The minimum atomic E-state index is -0.559. The summed E-state index contributed by atoms with van der Waals surface area (Å²) in [5, 5.41) is 3.02. The molecule has 0 unspecified atom stereocenters. The first kappa shape index (κ1) is 16.8. The fourth-order valence-corrected chi connectivity index (χ4v) is 3.87. The van der Waals surface area contributed by atoms with E-state index in [4.69, 9.17) is 10.5 Å². The molecule has 130 valence electrons. The molecule has 0 radical (unpaired) electrons. The maximum absolute atomic E-state index is 12.8. The molecule has 0 bridgehead atoms. The van der Waals surface area contributed by atoms with Crippen molar-refractivity contribution in [3.63, 3.8) is 0 Å². The summed E-state index contributed by atoms with van der Waals surface area (Å²) >= 11 is 0. The third-order valence-corrected chi connectivity index (χ3v) is 5.82. The molecule has 2 aliphatic carbocycles. The lowest BCUT2D eigenvalue weighted by Crippen LogP contribution is -2.47. The van der Waals surface area contributed by atoms with E-state index in [1.54, 1.807) is 7.11 Å². The van der Waals surface area contributed by atoms with E-state index in [2.05, 4.69) is 5.32 Å². The van der Waals surface area contributed by atoms with Gasteiger partial charge in [-0.2, -0.15) is 0 Å². The fraction of sp³-hybridized carbons (Fsp3) is 0.579. The summed E-state index contributed by atoms with van der Waals surface area (Å²) in [6, 6.07) is 5.95. The molecule has 0 atom stereocenters. The van der Waals surface area contributed by atoms with Gasteiger partial charge in [-0.05, 0) is 49.8 Å². The van der Waals surface area contributed by atoms with Crippen LogP contribution in [0.15, 0.2) is 18.2 Å². The highest BCUT2D eigenvalue weighted by Crippen LogP contribution is 2.49. The highest BCUT2D eigenvalue weighted by molar-refractivity contribution is 5.92. The van der Waals surface area contributed by atoms with E-state index in [1.807, 2.05) is 25.1 Å². The molecule has 0 spiro atoms. The van der Waals surface area contributed by atoms with Crippen molar-refractivity contribution in [3.8, 4) is 5.75 Å². The van der Waals surface area contributed by atoms with Crippen LogP contribution < -0.4 is 15.8 Å². The van der Waals surface area contributed by atoms with Crippen LogP contribution in [0.5, 0.6) is 5.75 Å². The van der Waals surface area contributed by atoms with Gasteiger partial charge in [-0.3, -0.25) is 9.59 Å². The first-order chi connectivity index (χ1) is 11.4. The number of primary amides is 1. The molecule has 0 saturated heterocycles. The van der Waals surface area contributed by atoms with Gasteiger partial charge in [0, 0.05) is 6.54 Å². The van der Waals surface area contributed by atoms with Crippen LogP contribution in [0, 0.1) is 12.3 Å². The number of hydrogen-bond acceptors (Lipinski definition) is 3. The predicted octanol–water partition coefficient (Wildman–Crippen LogP) is 2.20. The number of carbonyl (C=O) groups is 2. The number of nitrogens with one attached hydrogen (secondary N) is 1. The van der Waals surface area contributed by atoms with Crippen LogP contribution in [-0.4, -0.2) is 25.5 Å². The molecule has 0 aromatic heterocycles. The number of ether oxygens (including phenoxy) is 1. The molecule has 0 aliphatic heterocycles. The van der Waals surface area contributed by atoms with Gasteiger partial charge in [0.25, 0.3) is 0 Å². The smallest absolute Gasteiger partial charge is 0.230 e. The number of nitrogens with two attached hydrogens (primary N) is 1. The van der Waals surface area contributed by atoms with Gasteiger partial charge in [-0.25, -0.2) is 0 Å². The van der Waals surface area contributed by atoms with Gasteiger partial charge in [0.2, 0.25) is 11.8 Å². The average Bonchev–Trinajstić information content (AvgIpc) is 3.24. The van der Waals surface area contributed by atoms with Crippen LogP contribution >= 0.6 is 0 Å². The van der Waals surface area contributed by atoms with Gasteiger partial charge >= 0.3 is 0 Å². The van der Waals surface area contributed by atoms with Gasteiger partial charge in [-0.1, -0.05) is 25.0 Å². The Balaban J connectivity index is 1.74. The Morgan fingerprint density at radius 3 is 2.42 bits per heavy atom. The summed E-state index contributed by atoms with van der Waals surface area (Å²) in [5.74, 6) is 0.513. The van der Waals surface area contributed by atoms with E-state index in [1.165, 1.54) is 0 Å². The van der Waals surface area contributed by atoms with E-state index < -0.39 is 10.8 Å². The zero-order chi connectivity index (χ0) is 17.4. The molecular weight excluding hydrogens is 304 g/mol. The Bertz CT molecular complexity index is 659. The number of carbonyl (C=O) groups excluding carboxylic acids is 2. The van der Waals surface area contributed by atoms with Crippen molar-refractivity contribution in [1.29, 1.82) is 0 Å². The molecule has 1 aromatic carbocycles. The van der Waals surface area contributed by atoms with Gasteiger partial charge < -0.3 is 15.8 Å². The maximum Gasteiger partial charge on any atom is 0.230 e. The largest absolute Gasteiger partial charge is 0.496 e. The Morgan fingerprint density at radius 2 is 1.88 bits per heavy atom. The van der Waals surface area contributed by atoms with Crippen LogP contribution in [-0.2, 0) is 15.0 Å². The van der Waals surface area contributed by atoms with Gasteiger partial charge in [-0.15, -0.1) is 0 Å². The highest BCUT2D eigenvalue weighted by Gasteiger charge is 2.52. The molecule has 24 heavy (non-hydrogen) atoms. The van der Waals surface area contributed by atoms with Crippen molar-refractivity contribution in [2.75, 3.05) is 13.7 Å². The molecule has 2 aliphatic rings. The Hall–Kier alpha value is -2.04. The van der Waals surface area contributed by atoms with Crippen LogP contribution in [0.25, 0.3) is 0 Å². The standard InChI is InChI=1S/C19H26N2O3/c1-13-5-6-14(11-15(13)24-2)19(9-10-19)17(23)21-12-18(16(20)22)7-3-4-8-18/h5-6,11H,3-4,7-10,12H2,1-2H3,(H2,20,22)(H,21,23). The van der Waals surface area contributed by atoms with E-state index in [0.29, 0.717) is 6.54 Å². The molecule has 0 heterocycles. The van der Waals surface area contributed by atoms with Crippen molar-refractivity contribution in [3.05, 3.63) is 29.3 Å². The first-order valence-electron chi connectivity index (χ1n) is 8.67. The number of rotatable bonds is 6. The SMILES string of the molecule is COc1cc(C2(C(=O)NCC3(C(N)=O)CCCC3)CC2)ccc1C. The maximum atomic E-state index is 12.8. The lowest BCUT2D eigenvalue weighted by molar-refractivity contribution is -0.129. The highest BCUT2D eigenvalue weighted by atomic mass is 16.5. The monoisotopic (exact) mass is 330 g/mol. The molecule has 3 N–H and O–H groups in total. The lowest BCUT2D eigenvalue weighted by Gasteiger charge is -2.27. The molecule has 5 nitrogen and oxygen atoms in total. The molecule has 2 saturated carbocycles. The van der Waals surface area contributed by atoms with Crippen molar-refractivity contribution < 1.29 is 14.3 Å². The summed E-state index contributed by atoms with van der Waals surface area (Å²) in [6.45, 7) is 2.34. The Morgan fingerprint density at radius 1 is 1.21 bits per heavy atom. The zero-order valence-corrected chi connectivity index (χ0v) is 14.5. The Labute approximate surface area is 142 Å². The van der Waals surface area contributed by atoms with Crippen molar-refractivity contribution >= 4 is 11.8 Å². The normalized spacial score (nSPS) is 20.4. The second-order valence-electron chi connectivity index (χ2n) is 7.30. The molecule has 2 fully saturated rings. The van der Waals surface area contributed by atoms with Crippen LogP contribution in [0.2, 0.25) is 0 Å². The summed E-state index contributed by atoms with van der Waals surface area (Å²) < 4.78 is 5.38. The zero-order valence-electron chi connectivity index (χ0n) is 14.5. The topological polar surface area (TPSA) is 81.4 Å². The summed E-state index contributed by atoms with van der Waals surface area (Å²) in [4.78, 5) is 24.7. The van der Waals surface area contributed by atoms with Crippen molar-refractivity contribution in [2.45, 2.75) is 50.9 Å². The summed E-state index contributed by atoms with van der Waals surface area (Å²) in [5.41, 5.74) is 6.61. The number of methoxy groups -OCH3 is 1. The minimum absolute atomic E-state index is 0.000862. The van der Waals surface area contributed by atoms with Gasteiger partial charge in [0.1, 0.15) is 5.75 Å². The molecule has 1 aromatic rings. The summed E-state index contributed by atoms with van der Waals surface area (Å²) in [7, 11) is 1.64. The van der Waals surface area contributed by atoms with Crippen LogP contribution in [0.4, 0.5) is 0 Å². The van der Waals surface area contributed by atoms with E-state index in [0.717, 1.165) is 55.4 Å². The molecule has 5 heteroatoms. The molecular formula is C19H26N2O3. The molecule has 2 amide bonds. The van der Waals surface area contributed by atoms with Crippen molar-refractivity contribution in [1.82, 2.24) is 5.32 Å². The summed E-state index contributed by atoms with van der Waals surface area (Å²) in [6.07, 6.45) is 5.20. The molecule has 3 rings (SSSR count). The predicted molar refractivity (Wildman–Crippen MR) is 91.7 cm³/mol. The number of benzene rings is 1. The third-order valence-electron chi connectivity index (χ3n) is 5.82. The second kappa shape index (κ2) is 6.11. The number of hydrogen-bond donors (Lipinski definition) is 2. The fourth-order valence-electron chi connectivity index (χ4n) is 3.87. The van der Waals surface area contributed by atoms with E-state index in [-0.39, 0.29) is 11.8 Å². The second-order valence-corrected chi connectivity index (χ2v) is 7.30. The van der Waals surface area contributed by atoms with Crippen molar-refractivity contribution in [2.24, 2.45) is 11.1 Å². The van der Waals surface area contributed by atoms with Gasteiger partial charge in [0.15, 0.2) is 0 Å². The minimum Gasteiger partial charge on any atom is -0.496 e.